The second kappa shape index (κ2) is 5.75. The quantitative estimate of drug-likeness (QED) is 0.484. The minimum Gasteiger partial charge on any atom is -0.284 e. The molecule has 0 aromatic rings. The molecule has 2 unspecified atom stereocenters. The lowest BCUT2D eigenvalue weighted by Crippen LogP contribution is -2.18. The Balaban J connectivity index is 3.76. The van der Waals surface area contributed by atoms with E-state index in [1.54, 1.807) is 6.92 Å². The van der Waals surface area contributed by atoms with Crippen LogP contribution in [0.4, 0.5) is 0 Å². The Labute approximate surface area is 68.9 Å². The molecule has 0 fully saturated rings. The molecule has 0 aliphatic heterocycles. The smallest absolute Gasteiger partial charge is 0.284 e. The molecular weight excluding hydrogens is 196 g/mol. The molecular formula is C3H8O6S2. The Kier molecular flexibility index (Phi) is 5.82. The summed E-state index contributed by atoms with van der Waals surface area (Å²) in [7, 11) is 0. The standard InChI is InChI=1S/C3H8O6S2/c1-2-3(8-10(4)5)9-11(6)7/h3H,2H2,1H3,(H,4,5)(H,6,7). The van der Waals surface area contributed by atoms with Gasteiger partial charge in [-0.1, -0.05) is 6.92 Å². The summed E-state index contributed by atoms with van der Waals surface area (Å²) >= 11 is -4.96. The van der Waals surface area contributed by atoms with Crippen molar-refractivity contribution in [3.05, 3.63) is 0 Å². The molecule has 0 aromatic carbocycles. The maximum atomic E-state index is 9.98. The Morgan fingerprint density at radius 1 is 1.27 bits per heavy atom. The van der Waals surface area contributed by atoms with Crippen LogP contribution in [0.2, 0.25) is 0 Å². The first-order valence-electron chi connectivity index (χ1n) is 2.62. The Morgan fingerprint density at radius 3 is 1.82 bits per heavy atom. The van der Waals surface area contributed by atoms with Gasteiger partial charge in [-0.2, -0.15) is 8.42 Å². The molecule has 0 saturated carbocycles. The van der Waals surface area contributed by atoms with Gasteiger partial charge in [0.05, 0.1) is 0 Å². The molecule has 0 aliphatic carbocycles. The molecule has 0 saturated heterocycles. The van der Waals surface area contributed by atoms with Crippen LogP contribution in [0.25, 0.3) is 0 Å². The SMILES string of the molecule is CCC(OS(=O)O)OS(=O)O. The molecule has 0 aliphatic rings. The lowest BCUT2D eigenvalue weighted by molar-refractivity contribution is 0.0121. The molecule has 0 heterocycles. The minimum atomic E-state index is -2.48. The van der Waals surface area contributed by atoms with Crippen LogP contribution in [-0.4, -0.2) is 23.8 Å². The van der Waals surface area contributed by atoms with Crippen LogP contribution in [0.5, 0.6) is 0 Å². The Bertz CT molecular complexity index is 142. The third-order valence-electron chi connectivity index (χ3n) is 0.713. The lowest BCUT2D eigenvalue weighted by Gasteiger charge is -2.08. The van der Waals surface area contributed by atoms with Gasteiger partial charge in [0.15, 0.2) is 6.29 Å². The number of hydrogen-bond donors (Lipinski definition) is 2. The summed E-state index contributed by atoms with van der Waals surface area (Å²) in [5, 5.41) is 0. The van der Waals surface area contributed by atoms with E-state index in [9.17, 15) is 8.42 Å². The molecule has 0 rings (SSSR count). The molecule has 68 valence electrons. The predicted octanol–water partition coefficient (Wildman–Crippen LogP) is 0.0291. The molecule has 0 spiro atoms. The second-order valence-corrected chi connectivity index (χ2v) is 2.72. The topological polar surface area (TPSA) is 93.1 Å². The van der Waals surface area contributed by atoms with Crippen LogP contribution in [0.1, 0.15) is 13.3 Å². The monoisotopic (exact) mass is 204 g/mol. The Hall–Kier alpha value is 0.140. The van der Waals surface area contributed by atoms with E-state index in [1.807, 2.05) is 0 Å². The van der Waals surface area contributed by atoms with E-state index in [4.69, 9.17) is 9.11 Å². The molecule has 2 atom stereocenters. The molecule has 0 amide bonds. The summed E-state index contributed by atoms with van der Waals surface area (Å²) < 4.78 is 44.6. The third-order valence-corrected chi connectivity index (χ3v) is 1.47. The van der Waals surface area contributed by atoms with E-state index in [2.05, 4.69) is 8.37 Å². The lowest BCUT2D eigenvalue weighted by atomic mass is 10.5. The van der Waals surface area contributed by atoms with Crippen molar-refractivity contribution < 1.29 is 25.9 Å². The van der Waals surface area contributed by atoms with Crippen molar-refractivity contribution in [3.8, 4) is 0 Å². The van der Waals surface area contributed by atoms with Crippen molar-refractivity contribution >= 4 is 22.7 Å². The fourth-order valence-electron chi connectivity index (χ4n) is 0.336. The Morgan fingerprint density at radius 2 is 1.64 bits per heavy atom. The van der Waals surface area contributed by atoms with Gasteiger partial charge in [0.25, 0.3) is 0 Å². The summed E-state index contributed by atoms with van der Waals surface area (Å²) in [5.74, 6) is 0. The van der Waals surface area contributed by atoms with Gasteiger partial charge in [0.2, 0.25) is 0 Å². The third kappa shape index (κ3) is 6.53. The maximum Gasteiger partial charge on any atom is 0.304 e. The van der Waals surface area contributed by atoms with Gasteiger partial charge < -0.3 is 0 Å². The van der Waals surface area contributed by atoms with Gasteiger partial charge in [-0.3, -0.25) is 9.11 Å². The van der Waals surface area contributed by atoms with E-state index in [0.29, 0.717) is 0 Å². The van der Waals surface area contributed by atoms with Gasteiger partial charge in [-0.05, 0) is 6.42 Å². The zero-order chi connectivity index (χ0) is 8.85. The van der Waals surface area contributed by atoms with Crippen LogP contribution in [0, 0.1) is 0 Å². The van der Waals surface area contributed by atoms with Crippen molar-refractivity contribution in [2.24, 2.45) is 0 Å². The summed E-state index contributed by atoms with van der Waals surface area (Å²) in [5.41, 5.74) is 0. The molecule has 11 heavy (non-hydrogen) atoms. The number of rotatable bonds is 5. The molecule has 0 bridgehead atoms. The minimum absolute atomic E-state index is 0.207. The molecule has 6 nitrogen and oxygen atoms in total. The van der Waals surface area contributed by atoms with Crippen LogP contribution in [-0.2, 0) is 31.1 Å². The van der Waals surface area contributed by atoms with Crippen molar-refractivity contribution in [3.63, 3.8) is 0 Å². The van der Waals surface area contributed by atoms with Gasteiger partial charge in [0.1, 0.15) is 0 Å². The van der Waals surface area contributed by atoms with Crippen LogP contribution in [0.3, 0.4) is 0 Å². The maximum absolute atomic E-state index is 9.98. The summed E-state index contributed by atoms with van der Waals surface area (Å²) in [4.78, 5) is 0. The van der Waals surface area contributed by atoms with E-state index in [1.165, 1.54) is 0 Å². The van der Waals surface area contributed by atoms with Gasteiger partial charge in [-0.15, -0.1) is 0 Å². The van der Waals surface area contributed by atoms with E-state index < -0.39 is 29.0 Å². The van der Waals surface area contributed by atoms with Crippen molar-refractivity contribution in [2.45, 2.75) is 19.6 Å². The van der Waals surface area contributed by atoms with Gasteiger partial charge in [-0.25, -0.2) is 8.37 Å². The van der Waals surface area contributed by atoms with Crippen LogP contribution >= 0.6 is 0 Å². The van der Waals surface area contributed by atoms with E-state index in [0.717, 1.165) is 0 Å². The highest BCUT2D eigenvalue weighted by Gasteiger charge is 2.12. The fourth-order valence-corrected chi connectivity index (χ4v) is 1.10. The highest BCUT2D eigenvalue weighted by atomic mass is 32.2. The largest absolute Gasteiger partial charge is 0.304 e. The first kappa shape index (κ1) is 11.1. The van der Waals surface area contributed by atoms with E-state index >= 15 is 0 Å². The first-order chi connectivity index (χ1) is 5.06. The highest BCUT2D eigenvalue weighted by molar-refractivity contribution is 7.74. The van der Waals surface area contributed by atoms with Crippen molar-refractivity contribution in [1.29, 1.82) is 0 Å². The zero-order valence-electron chi connectivity index (χ0n) is 5.63. The first-order valence-corrected chi connectivity index (χ1v) is 4.68. The summed E-state index contributed by atoms with van der Waals surface area (Å²) in [6, 6.07) is 0. The van der Waals surface area contributed by atoms with Gasteiger partial charge >= 0.3 is 22.7 Å². The highest BCUT2D eigenvalue weighted by Crippen LogP contribution is 2.02. The fraction of sp³-hybridized carbons (Fsp3) is 1.00. The summed E-state index contributed by atoms with van der Waals surface area (Å²) in [6.07, 6.45) is -0.926. The molecule has 8 heteroatoms. The predicted molar refractivity (Wildman–Crippen MR) is 37.8 cm³/mol. The molecule has 2 N–H and O–H groups in total. The normalized spacial score (nSPS) is 19.2. The summed E-state index contributed by atoms with van der Waals surface area (Å²) in [6.45, 7) is 1.57. The molecule has 0 aromatic heterocycles. The molecule has 0 radical (unpaired) electrons. The van der Waals surface area contributed by atoms with Gasteiger partial charge in [0, 0.05) is 0 Å². The average Bonchev–Trinajstić information content (AvgIpc) is 1.84. The average molecular weight is 204 g/mol. The van der Waals surface area contributed by atoms with Crippen LogP contribution in [0.15, 0.2) is 0 Å². The number of hydrogen-bond acceptors (Lipinski definition) is 4. The zero-order valence-corrected chi connectivity index (χ0v) is 7.26. The second-order valence-electron chi connectivity index (χ2n) is 1.46. The van der Waals surface area contributed by atoms with E-state index in [-0.39, 0.29) is 6.42 Å². The van der Waals surface area contributed by atoms with Crippen LogP contribution < -0.4 is 0 Å². The van der Waals surface area contributed by atoms with Crippen molar-refractivity contribution in [1.82, 2.24) is 0 Å². The van der Waals surface area contributed by atoms with Crippen molar-refractivity contribution in [2.75, 3.05) is 0 Å².